The van der Waals surface area contributed by atoms with Gasteiger partial charge in [-0.25, -0.2) is 0 Å². The van der Waals surface area contributed by atoms with Crippen molar-refractivity contribution in [3.05, 3.63) is 164 Å². The topological polar surface area (TPSA) is 6.48 Å². The molecule has 328 valence electrons. The summed E-state index contributed by atoms with van der Waals surface area (Å²) in [6.07, 6.45) is 2.14. The average Bonchev–Trinajstić information content (AvgIpc) is 3.22. The molecular formula is C62H70N2. The maximum atomic E-state index is 2.64. The monoisotopic (exact) mass is 843 g/mol. The molecule has 0 bridgehead atoms. The Morgan fingerprint density at radius 2 is 0.906 bits per heavy atom. The van der Waals surface area contributed by atoms with E-state index in [-0.39, 0.29) is 16.2 Å². The summed E-state index contributed by atoms with van der Waals surface area (Å²) in [5.74, 6) is 0.308. The first-order valence-electron chi connectivity index (χ1n) is 23.8. The molecule has 0 aromatic heterocycles. The zero-order chi connectivity index (χ0) is 45.9. The lowest BCUT2D eigenvalue weighted by molar-refractivity contribution is 0.475. The second kappa shape index (κ2) is 15.3. The lowest BCUT2D eigenvalue weighted by Crippen LogP contribution is -2.24. The molecule has 8 aromatic rings. The molecule has 0 saturated carbocycles. The zero-order valence-corrected chi connectivity index (χ0v) is 41.7. The predicted molar refractivity (Wildman–Crippen MR) is 281 cm³/mol. The van der Waals surface area contributed by atoms with E-state index in [2.05, 4.69) is 224 Å². The van der Waals surface area contributed by atoms with Crippen LogP contribution in [0.15, 0.2) is 103 Å². The summed E-state index contributed by atoms with van der Waals surface area (Å²) in [7, 11) is 0. The van der Waals surface area contributed by atoms with Gasteiger partial charge in [-0.1, -0.05) is 130 Å². The molecule has 0 amide bonds. The van der Waals surface area contributed by atoms with Gasteiger partial charge in [0.2, 0.25) is 0 Å². The van der Waals surface area contributed by atoms with Crippen LogP contribution in [0.5, 0.6) is 0 Å². The summed E-state index contributed by atoms with van der Waals surface area (Å²) in [6, 6.07) is 41.0. The summed E-state index contributed by atoms with van der Waals surface area (Å²) in [4.78, 5) is 5.27. The summed E-state index contributed by atoms with van der Waals surface area (Å²) < 4.78 is 0. The van der Waals surface area contributed by atoms with Crippen LogP contribution in [0, 0.1) is 41.5 Å². The molecule has 2 heteroatoms. The number of hydrogen-bond donors (Lipinski definition) is 0. The van der Waals surface area contributed by atoms with Gasteiger partial charge >= 0.3 is 0 Å². The summed E-state index contributed by atoms with van der Waals surface area (Å²) in [5, 5.41) is 8.27. The molecule has 64 heavy (non-hydrogen) atoms. The van der Waals surface area contributed by atoms with E-state index >= 15 is 0 Å². The van der Waals surface area contributed by atoms with Crippen LogP contribution in [0.3, 0.4) is 0 Å². The van der Waals surface area contributed by atoms with Crippen LogP contribution >= 0.6 is 0 Å². The molecule has 0 heterocycles. The molecule has 0 aliphatic heterocycles. The van der Waals surface area contributed by atoms with Crippen LogP contribution < -0.4 is 9.80 Å². The van der Waals surface area contributed by atoms with Crippen molar-refractivity contribution in [3.63, 3.8) is 0 Å². The van der Waals surface area contributed by atoms with Gasteiger partial charge in [-0.05, 0) is 196 Å². The molecule has 1 aliphatic carbocycles. The van der Waals surface area contributed by atoms with Gasteiger partial charge in [0.15, 0.2) is 0 Å². The zero-order valence-electron chi connectivity index (χ0n) is 41.7. The van der Waals surface area contributed by atoms with Gasteiger partial charge in [-0.3, -0.25) is 0 Å². The molecule has 2 nitrogen and oxygen atoms in total. The Morgan fingerprint density at radius 3 is 1.39 bits per heavy atom. The molecule has 9 rings (SSSR count). The standard InChI is InChI=1S/C62H70N2/c1-36(2)48-35-56(64(52-30-38(4)18-20-40(52)6)54-33-45(61(12,13)14)24-22-42(54)8)49-34-50-57-43(27-28-62(50,15)16)31-55(47-26-25-46(48)58(49)59(47)57)63(51-29-37(3)17-19-39(51)5)53-32-44(60(9,10)11)23-21-41(53)7/h17-26,29-36H,27-28H2,1-16H3. The van der Waals surface area contributed by atoms with Crippen molar-refractivity contribution in [1.82, 2.24) is 0 Å². The molecule has 0 spiro atoms. The Morgan fingerprint density at radius 1 is 0.453 bits per heavy atom. The van der Waals surface area contributed by atoms with Crippen LogP contribution in [0.1, 0.15) is 143 Å². The Labute approximate surface area is 384 Å². The van der Waals surface area contributed by atoms with Gasteiger partial charge in [0.05, 0.1) is 11.4 Å². The van der Waals surface area contributed by atoms with Crippen molar-refractivity contribution in [2.75, 3.05) is 9.80 Å². The SMILES string of the molecule is Cc1ccc(C)c(N(c2cc(C(C)(C)C)ccc2C)c2cc(C(C)C)c3ccc4c(N(c5cc(C)ccc5C)c5cc(C(C)(C)C)ccc5C)cc5c6c(cc2c3c46)C(C)(C)CC5)c1. The van der Waals surface area contributed by atoms with E-state index in [1.54, 1.807) is 0 Å². The highest BCUT2D eigenvalue weighted by Crippen LogP contribution is 2.55. The number of benzene rings is 8. The van der Waals surface area contributed by atoms with Crippen molar-refractivity contribution in [2.24, 2.45) is 0 Å². The summed E-state index contributed by atoms with van der Waals surface area (Å²) >= 11 is 0. The second-order valence-corrected chi connectivity index (χ2v) is 22.6. The number of nitrogens with zero attached hydrogens (tertiary/aromatic N) is 2. The minimum absolute atomic E-state index is 0.000823. The van der Waals surface area contributed by atoms with E-state index in [1.807, 2.05) is 0 Å². The molecule has 0 fully saturated rings. The molecular weight excluding hydrogens is 773 g/mol. The lowest BCUT2D eigenvalue weighted by Gasteiger charge is -2.38. The fraction of sp³-hybridized carbons (Fsp3) is 0.355. The Kier molecular flexibility index (Phi) is 10.4. The van der Waals surface area contributed by atoms with E-state index in [4.69, 9.17) is 0 Å². The van der Waals surface area contributed by atoms with E-state index in [9.17, 15) is 0 Å². The van der Waals surface area contributed by atoms with Crippen molar-refractivity contribution in [2.45, 2.75) is 146 Å². The van der Waals surface area contributed by atoms with Crippen LogP contribution in [-0.4, -0.2) is 0 Å². The lowest BCUT2D eigenvalue weighted by atomic mass is 9.70. The fourth-order valence-electron chi connectivity index (χ4n) is 10.7. The highest BCUT2D eigenvalue weighted by atomic mass is 15.2. The van der Waals surface area contributed by atoms with Crippen molar-refractivity contribution in [3.8, 4) is 0 Å². The Bertz CT molecular complexity index is 3140. The predicted octanol–water partition coefficient (Wildman–Crippen LogP) is 18.3. The Hall–Kier alpha value is -5.60. The third-order valence-electron chi connectivity index (χ3n) is 14.8. The van der Waals surface area contributed by atoms with Crippen molar-refractivity contribution < 1.29 is 0 Å². The molecule has 0 saturated heterocycles. The molecule has 0 radical (unpaired) electrons. The quantitative estimate of drug-likeness (QED) is 0.148. The maximum Gasteiger partial charge on any atom is 0.0543 e. The smallest absolute Gasteiger partial charge is 0.0543 e. The Balaban J connectivity index is 1.49. The molecule has 0 N–H and O–H groups in total. The van der Waals surface area contributed by atoms with Crippen molar-refractivity contribution in [1.29, 1.82) is 0 Å². The normalized spacial score (nSPS) is 14.1. The van der Waals surface area contributed by atoms with Crippen LogP contribution in [0.2, 0.25) is 0 Å². The third-order valence-corrected chi connectivity index (χ3v) is 14.8. The van der Waals surface area contributed by atoms with Gasteiger partial charge in [0, 0.05) is 38.9 Å². The molecule has 0 atom stereocenters. The molecule has 8 aromatic carbocycles. The van der Waals surface area contributed by atoms with Gasteiger partial charge < -0.3 is 9.80 Å². The number of anilines is 6. The minimum Gasteiger partial charge on any atom is -0.309 e. The van der Waals surface area contributed by atoms with Crippen molar-refractivity contribution >= 4 is 66.4 Å². The van der Waals surface area contributed by atoms with Gasteiger partial charge in [-0.2, -0.15) is 0 Å². The molecule has 0 unspecified atom stereocenters. The summed E-state index contributed by atoms with van der Waals surface area (Å²) in [5.41, 5.74) is 22.1. The highest BCUT2D eigenvalue weighted by molar-refractivity contribution is 6.30. The first-order valence-corrected chi connectivity index (χ1v) is 23.8. The van der Waals surface area contributed by atoms with Gasteiger partial charge in [0.25, 0.3) is 0 Å². The fourth-order valence-corrected chi connectivity index (χ4v) is 10.7. The van der Waals surface area contributed by atoms with E-state index in [1.165, 1.54) is 128 Å². The van der Waals surface area contributed by atoms with E-state index in [0.29, 0.717) is 5.92 Å². The highest BCUT2D eigenvalue weighted by Gasteiger charge is 2.35. The molecule has 1 aliphatic rings. The maximum absolute atomic E-state index is 2.64. The first kappa shape index (κ1) is 43.6. The second-order valence-electron chi connectivity index (χ2n) is 22.6. The average molecular weight is 843 g/mol. The first-order chi connectivity index (χ1) is 30.0. The summed E-state index contributed by atoms with van der Waals surface area (Å²) in [6.45, 7) is 37.4. The van der Waals surface area contributed by atoms with Crippen LogP contribution in [0.25, 0.3) is 32.3 Å². The van der Waals surface area contributed by atoms with Gasteiger partial charge in [0.1, 0.15) is 0 Å². The number of hydrogen-bond acceptors (Lipinski definition) is 2. The number of aryl methyl sites for hydroxylation is 7. The minimum atomic E-state index is -0.00805. The van der Waals surface area contributed by atoms with E-state index < -0.39 is 0 Å². The van der Waals surface area contributed by atoms with E-state index in [0.717, 1.165) is 12.8 Å². The third kappa shape index (κ3) is 7.17. The van der Waals surface area contributed by atoms with Crippen LogP contribution in [0.4, 0.5) is 34.1 Å². The largest absolute Gasteiger partial charge is 0.309 e. The van der Waals surface area contributed by atoms with Gasteiger partial charge in [-0.15, -0.1) is 0 Å². The van der Waals surface area contributed by atoms with Crippen LogP contribution in [-0.2, 0) is 22.7 Å². The number of rotatable bonds is 7.